The normalized spacial score (nSPS) is 27.4. The zero-order chi connectivity index (χ0) is 16.9. The van der Waals surface area contributed by atoms with Crippen LogP contribution in [0.1, 0.15) is 64.7 Å². The number of carbonyl (C=O) groups excluding carboxylic acids is 1. The third kappa shape index (κ3) is 4.53. The number of rotatable bonds is 4. The lowest BCUT2D eigenvalue weighted by atomic mass is 9.83. The first-order chi connectivity index (χ1) is 11.6. The molecule has 3 rings (SSSR count). The quantitative estimate of drug-likeness (QED) is 0.795. The fourth-order valence-corrected chi connectivity index (χ4v) is 4.93. The van der Waals surface area contributed by atoms with Crippen molar-refractivity contribution in [2.24, 2.45) is 5.92 Å². The number of urea groups is 1. The lowest BCUT2D eigenvalue weighted by Gasteiger charge is -2.37. The lowest BCUT2D eigenvalue weighted by Crippen LogP contribution is -2.51. The van der Waals surface area contributed by atoms with Gasteiger partial charge in [-0.2, -0.15) is 0 Å². The van der Waals surface area contributed by atoms with Crippen LogP contribution in [0.15, 0.2) is 12.2 Å². The second kappa shape index (κ2) is 8.37. The molecule has 0 bridgehead atoms. The average molecular weight is 334 g/mol. The molecule has 0 spiro atoms. The molecule has 2 heterocycles. The monoisotopic (exact) mass is 333 g/mol. The van der Waals surface area contributed by atoms with Gasteiger partial charge in [-0.3, -0.25) is 4.90 Å². The van der Waals surface area contributed by atoms with Crippen LogP contribution in [0.25, 0.3) is 0 Å². The summed E-state index contributed by atoms with van der Waals surface area (Å²) < 4.78 is 0. The van der Waals surface area contributed by atoms with Crippen LogP contribution < -0.4 is 5.32 Å². The summed E-state index contributed by atoms with van der Waals surface area (Å²) in [6.45, 7) is 10.2. The highest BCUT2D eigenvalue weighted by atomic mass is 16.2. The third-order valence-corrected chi connectivity index (χ3v) is 6.16. The van der Waals surface area contributed by atoms with Crippen molar-refractivity contribution in [1.82, 2.24) is 15.1 Å². The van der Waals surface area contributed by atoms with Crippen molar-refractivity contribution in [3.05, 3.63) is 12.2 Å². The molecule has 0 unspecified atom stereocenters. The number of amides is 2. The molecule has 1 atom stereocenters. The zero-order valence-electron chi connectivity index (χ0n) is 15.4. The molecular formula is C20H35N3O. The van der Waals surface area contributed by atoms with E-state index in [0.717, 1.165) is 44.9 Å². The van der Waals surface area contributed by atoms with E-state index in [1.165, 1.54) is 50.5 Å². The van der Waals surface area contributed by atoms with Gasteiger partial charge in [0.05, 0.1) is 0 Å². The summed E-state index contributed by atoms with van der Waals surface area (Å²) in [6.07, 6.45) is 11.3. The first kappa shape index (κ1) is 17.8. The van der Waals surface area contributed by atoms with E-state index in [4.69, 9.17) is 0 Å². The molecular weight excluding hydrogens is 298 g/mol. The van der Waals surface area contributed by atoms with E-state index in [1.54, 1.807) is 0 Å². The molecule has 3 fully saturated rings. The van der Waals surface area contributed by atoms with Crippen molar-refractivity contribution in [3.63, 3.8) is 0 Å². The van der Waals surface area contributed by atoms with Crippen LogP contribution in [-0.4, -0.2) is 54.1 Å². The number of hydrogen-bond acceptors (Lipinski definition) is 2. The van der Waals surface area contributed by atoms with Crippen LogP contribution in [0.5, 0.6) is 0 Å². The van der Waals surface area contributed by atoms with Crippen molar-refractivity contribution in [1.29, 1.82) is 0 Å². The molecule has 2 aliphatic heterocycles. The van der Waals surface area contributed by atoms with Crippen LogP contribution in [0.4, 0.5) is 4.79 Å². The van der Waals surface area contributed by atoms with Crippen LogP contribution in [-0.2, 0) is 0 Å². The molecule has 0 aromatic rings. The Morgan fingerprint density at radius 2 is 1.71 bits per heavy atom. The highest BCUT2D eigenvalue weighted by Crippen LogP contribution is 2.34. The van der Waals surface area contributed by atoms with Crippen LogP contribution >= 0.6 is 0 Å². The fourth-order valence-electron chi connectivity index (χ4n) is 4.93. The van der Waals surface area contributed by atoms with Gasteiger partial charge < -0.3 is 10.2 Å². The Bertz CT molecular complexity index is 436. The molecule has 24 heavy (non-hydrogen) atoms. The molecule has 4 nitrogen and oxygen atoms in total. The minimum absolute atomic E-state index is 0.210. The summed E-state index contributed by atoms with van der Waals surface area (Å²) in [6, 6.07) is 1.07. The zero-order valence-corrected chi connectivity index (χ0v) is 15.4. The molecule has 4 heteroatoms. The van der Waals surface area contributed by atoms with Gasteiger partial charge in [0.2, 0.25) is 0 Å². The maximum absolute atomic E-state index is 12.8. The van der Waals surface area contributed by atoms with Crippen molar-refractivity contribution in [3.8, 4) is 0 Å². The smallest absolute Gasteiger partial charge is 0.317 e. The Labute approximate surface area is 147 Å². The van der Waals surface area contributed by atoms with Crippen molar-refractivity contribution in [2.45, 2.75) is 76.8 Å². The predicted molar refractivity (Wildman–Crippen MR) is 99.1 cm³/mol. The van der Waals surface area contributed by atoms with Gasteiger partial charge in [-0.15, -0.1) is 0 Å². The van der Waals surface area contributed by atoms with E-state index in [2.05, 4.69) is 28.6 Å². The summed E-state index contributed by atoms with van der Waals surface area (Å²) >= 11 is 0. The van der Waals surface area contributed by atoms with Gasteiger partial charge in [-0.25, -0.2) is 4.79 Å². The van der Waals surface area contributed by atoms with Gasteiger partial charge in [0.15, 0.2) is 0 Å². The van der Waals surface area contributed by atoms with Gasteiger partial charge in [-0.05, 0) is 51.4 Å². The molecule has 0 radical (unpaired) electrons. The van der Waals surface area contributed by atoms with Gasteiger partial charge in [0.1, 0.15) is 0 Å². The number of nitrogens with zero attached hydrogens (tertiary/aromatic N) is 2. The Morgan fingerprint density at radius 3 is 2.38 bits per heavy atom. The van der Waals surface area contributed by atoms with Crippen molar-refractivity contribution in [2.75, 3.05) is 26.2 Å². The van der Waals surface area contributed by atoms with Crippen molar-refractivity contribution >= 4 is 6.03 Å². The van der Waals surface area contributed by atoms with Gasteiger partial charge >= 0.3 is 6.03 Å². The Hall–Kier alpha value is -1.03. The minimum atomic E-state index is 0.210. The second-order valence-corrected chi connectivity index (χ2v) is 8.26. The van der Waals surface area contributed by atoms with E-state index in [9.17, 15) is 4.79 Å². The maximum Gasteiger partial charge on any atom is 0.317 e. The standard InChI is InChI=1S/C20H35N3O/c1-16(2)15-22-13-10-18(11-14-22)21-20(24)23-12-6-9-19(23)17-7-4-3-5-8-17/h17-19H,1,3-15H2,2H3,(H,21,24)/t19-/m1/s1. The molecule has 1 N–H and O–H groups in total. The number of nitrogens with one attached hydrogen (secondary N) is 1. The molecule has 2 saturated heterocycles. The SMILES string of the molecule is C=C(C)CN1CCC(NC(=O)N2CCC[C@@H]2C2CCCCC2)CC1. The number of likely N-dealkylation sites (tertiary alicyclic amines) is 2. The Balaban J connectivity index is 1.47. The Morgan fingerprint density at radius 1 is 1.00 bits per heavy atom. The van der Waals surface area contributed by atoms with Crippen LogP contribution in [0, 0.1) is 5.92 Å². The molecule has 2 amide bonds. The molecule has 3 aliphatic rings. The Kier molecular flexibility index (Phi) is 6.20. The number of hydrogen-bond donors (Lipinski definition) is 1. The van der Waals surface area contributed by atoms with E-state index in [-0.39, 0.29) is 6.03 Å². The largest absolute Gasteiger partial charge is 0.335 e. The van der Waals surface area contributed by atoms with Gasteiger partial charge in [0, 0.05) is 38.3 Å². The minimum Gasteiger partial charge on any atom is -0.335 e. The van der Waals surface area contributed by atoms with Crippen LogP contribution in [0.3, 0.4) is 0 Å². The summed E-state index contributed by atoms with van der Waals surface area (Å²) in [4.78, 5) is 17.4. The van der Waals surface area contributed by atoms with E-state index >= 15 is 0 Å². The summed E-state index contributed by atoms with van der Waals surface area (Å²) in [5.74, 6) is 0.754. The second-order valence-electron chi connectivity index (χ2n) is 8.26. The lowest BCUT2D eigenvalue weighted by molar-refractivity contribution is 0.146. The third-order valence-electron chi connectivity index (χ3n) is 6.16. The van der Waals surface area contributed by atoms with Crippen LogP contribution in [0.2, 0.25) is 0 Å². The molecule has 136 valence electrons. The summed E-state index contributed by atoms with van der Waals surface area (Å²) in [5.41, 5.74) is 1.23. The first-order valence-corrected chi connectivity index (χ1v) is 10.1. The summed E-state index contributed by atoms with van der Waals surface area (Å²) in [5, 5.41) is 3.34. The highest BCUT2D eigenvalue weighted by molar-refractivity contribution is 5.75. The summed E-state index contributed by atoms with van der Waals surface area (Å²) in [7, 11) is 0. The predicted octanol–water partition coefficient (Wildman–Crippen LogP) is 3.78. The average Bonchev–Trinajstić information content (AvgIpc) is 3.07. The molecule has 1 aliphatic carbocycles. The number of carbonyl (C=O) groups is 1. The first-order valence-electron chi connectivity index (χ1n) is 10.1. The van der Waals surface area contributed by atoms with Gasteiger partial charge in [0.25, 0.3) is 0 Å². The maximum atomic E-state index is 12.8. The molecule has 0 aromatic carbocycles. The van der Waals surface area contributed by atoms with Gasteiger partial charge in [-0.1, -0.05) is 31.4 Å². The van der Waals surface area contributed by atoms with E-state index in [1.807, 2.05) is 0 Å². The molecule has 0 aromatic heterocycles. The topological polar surface area (TPSA) is 35.6 Å². The van der Waals surface area contributed by atoms with E-state index in [0.29, 0.717) is 12.1 Å². The molecule has 1 saturated carbocycles. The van der Waals surface area contributed by atoms with E-state index < -0.39 is 0 Å². The van der Waals surface area contributed by atoms with Crippen molar-refractivity contribution < 1.29 is 4.79 Å². The number of piperidine rings is 1. The fraction of sp³-hybridized carbons (Fsp3) is 0.850. The highest BCUT2D eigenvalue weighted by Gasteiger charge is 2.36.